The minimum Gasteiger partial charge on any atom is -0.465 e. The third-order valence-electron chi connectivity index (χ3n) is 4.86. The quantitative estimate of drug-likeness (QED) is 0.549. The molecule has 0 radical (unpaired) electrons. The predicted octanol–water partition coefficient (Wildman–Crippen LogP) is 4.27. The number of ether oxygens (including phenoxy) is 1. The van der Waals surface area contributed by atoms with Gasteiger partial charge in [0.15, 0.2) is 0 Å². The molecule has 0 spiro atoms. The summed E-state index contributed by atoms with van der Waals surface area (Å²) < 4.78 is 5.28. The number of rotatable bonds is 2. The SMILES string of the molecule is CC(=O)OCC1(C)C2C=C(C)CCC=C(C)CCC21. The van der Waals surface area contributed by atoms with Crippen LogP contribution in [-0.4, -0.2) is 12.6 Å². The Kier molecular flexibility index (Phi) is 4.17. The maximum atomic E-state index is 11.0. The van der Waals surface area contributed by atoms with Crippen LogP contribution in [0.2, 0.25) is 0 Å². The minimum absolute atomic E-state index is 0.160. The first-order chi connectivity index (χ1) is 8.93. The van der Waals surface area contributed by atoms with Crippen molar-refractivity contribution in [1.29, 1.82) is 0 Å². The van der Waals surface area contributed by atoms with Gasteiger partial charge in [0.2, 0.25) is 0 Å². The van der Waals surface area contributed by atoms with Crippen LogP contribution in [0.1, 0.15) is 53.4 Å². The standard InChI is InChI=1S/C17H26O2/c1-12-6-5-7-13(2)10-16-15(9-8-12)17(16,4)11-19-14(3)18/h6,10,15-16H,5,7-9,11H2,1-4H3. The minimum atomic E-state index is -0.160. The van der Waals surface area contributed by atoms with E-state index in [2.05, 4.69) is 32.9 Å². The number of carbonyl (C=O) groups excluding carboxylic acids is 1. The van der Waals surface area contributed by atoms with Crippen LogP contribution in [0, 0.1) is 17.3 Å². The Morgan fingerprint density at radius 3 is 2.79 bits per heavy atom. The lowest BCUT2D eigenvalue weighted by Gasteiger charge is -2.11. The largest absolute Gasteiger partial charge is 0.465 e. The summed E-state index contributed by atoms with van der Waals surface area (Å²) in [6, 6.07) is 0. The first-order valence-electron chi connectivity index (χ1n) is 7.40. The number of hydrogen-bond acceptors (Lipinski definition) is 2. The highest BCUT2D eigenvalue weighted by Crippen LogP contribution is 2.62. The molecule has 0 aromatic rings. The summed E-state index contributed by atoms with van der Waals surface area (Å²) in [5, 5.41) is 0. The van der Waals surface area contributed by atoms with Gasteiger partial charge >= 0.3 is 5.97 Å². The Labute approximate surface area is 116 Å². The highest BCUT2D eigenvalue weighted by Gasteiger charge is 2.59. The highest BCUT2D eigenvalue weighted by molar-refractivity contribution is 5.66. The normalized spacial score (nSPS) is 34.7. The van der Waals surface area contributed by atoms with Crippen molar-refractivity contribution in [2.75, 3.05) is 6.61 Å². The molecule has 0 N–H and O–H groups in total. The van der Waals surface area contributed by atoms with Crippen LogP contribution < -0.4 is 0 Å². The molecule has 3 atom stereocenters. The van der Waals surface area contributed by atoms with Gasteiger partial charge in [0.1, 0.15) is 0 Å². The van der Waals surface area contributed by atoms with Crippen molar-refractivity contribution in [3.63, 3.8) is 0 Å². The molecular weight excluding hydrogens is 236 g/mol. The van der Waals surface area contributed by atoms with Crippen LogP contribution in [0.4, 0.5) is 0 Å². The Hall–Kier alpha value is -1.05. The zero-order valence-corrected chi connectivity index (χ0v) is 12.7. The lowest BCUT2D eigenvalue weighted by atomic mass is 10.0. The van der Waals surface area contributed by atoms with Gasteiger partial charge in [0.25, 0.3) is 0 Å². The van der Waals surface area contributed by atoms with E-state index in [4.69, 9.17) is 4.74 Å². The number of esters is 1. The average Bonchev–Trinajstić information content (AvgIpc) is 2.89. The first-order valence-corrected chi connectivity index (χ1v) is 7.40. The Balaban J connectivity index is 2.09. The van der Waals surface area contributed by atoms with Crippen molar-refractivity contribution in [2.45, 2.75) is 53.4 Å². The van der Waals surface area contributed by atoms with E-state index in [9.17, 15) is 4.79 Å². The fourth-order valence-electron chi connectivity index (χ4n) is 3.40. The number of hydrogen-bond donors (Lipinski definition) is 0. The van der Waals surface area contributed by atoms with Gasteiger partial charge in [-0.25, -0.2) is 0 Å². The van der Waals surface area contributed by atoms with Crippen LogP contribution in [0.5, 0.6) is 0 Å². The van der Waals surface area contributed by atoms with Crippen molar-refractivity contribution in [1.82, 2.24) is 0 Å². The topological polar surface area (TPSA) is 26.3 Å². The van der Waals surface area contributed by atoms with E-state index in [1.807, 2.05) is 0 Å². The summed E-state index contributed by atoms with van der Waals surface area (Å²) in [5.41, 5.74) is 3.15. The predicted molar refractivity (Wildman–Crippen MR) is 77.7 cm³/mol. The lowest BCUT2D eigenvalue weighted by molar-refractivity contribution is -0.142. The smallest absolute Gasteiger partial charge is 0.302 e. The molecule has 2 aliphatic rings. The molecule has 2 heteroatoms. The number of carbonyl (C=O) groups is 1. The summed E-state index contributed by atoms with van der Waals surface area (Å²) >= 11 is 0. The molecule has 0 aromatic heterocycles. The second-order valence-electron chi connectivity index (χ2n) is 6.56. The number of fused-ring (bicyclic) bond motifs is 1. The molecule has 106 valence electrons. The zero-order valence-electron chi connectivity index (χ0n) is 12.7. The van der Waals surface area contributed by atoms with Gasteiger partial charge in [-0.05, 0) is 51.4 Å². The monoisotopic (exact) mass is 262 g/mol. The van der Waals surface area contributed by atoms with E-state index in [-0.39, 0.29) is 11.4 Å². The van der Waals surface area contributed by atoms with Gasteiger partial charge in [0.05, 0.1) is 6.61 Å². The van der Waals surface area contributed by atoms with Gasteiger partial charge in [-0.2, -0.15) is 0 Å². The maximum absolute atomic E-state index is 11.0. The molecule has 0 bridgehead atoms. The van der Waals surface area contributed by atoms with Gasteiger partial charge in [-0.15, -0.1) is 0 Å². The highest BCUT2D eigenvalue weighted by atomic mass is 16.5. The lowest BCUT2D eigenvalue weighted by Crippen LogP contribution is -2.13. The molecule has 0 aromatic carbocycles. The van der Waals surface area contributed by atoms with E-state index in [0.717, 1.165) is 12.8 Å². The summed E-state index contributed by atoms with van der Waals surface area (Å²) in [5.74, 6) is 1.10. The third kappa shape index (κ3) is 3.29. The molecule has 0 heterocycles. The van der Waals surface area contributed by atoms with Crippen molar-refractivity contribution in [2.24, 2.45) is 17.3 Å². The summed E-state index contributed by atoms with van der Waals surface area (Å²) in [6.07, 6.45) is 9.53. The number of allylic oxidation sites excluding steroid dienone is 4. The van der Waals surface area contributed by atoms with E-state index >= 15 is 0 Å². The van der Waals surface area contributed by atoms with Crippen LogP contribution in [0.3, 0.4) is 0 Å². The Morgan fingerprint density at radius 1 is 1.37 bits per heavy atom. The first kappa shape index (κ1) is 14.4. The van der Waals surface area contributed by atoms with Gasteiger partial charge in [0, 0.05) is 12.3 Å². The summed E-state index contributed by atoms with van der Waals surface area (Å²) in [6.45, 7) is 8.81. The summed E-state index contributed by atoms with van der Waals surface area (Å²) in [4.78, 5) is 11.0. The Bertz CT molecular complexity index is 419. The van der Waals surface area contributed by atoms with Gasteiger partial charge in [-0.3, -0.25) is 4.79 Å². The average molecular weight is 262 g/mol. The molecular formula is C17H26O2. The van der Waals surface area contributed by atoms with Crippen molar-refractivity contribution >= 4 is 5.97 Å². The van der Waals surface area contributed by atoms with E-state index in [0.29, 0.717) is 18.4 Å². The molecule has 1 fully saturated rings. The second-order valence-corrected chi connectivity index (χ2v) is 6.56. The molecule has 0 aliphatic heterocycles. The fraction of sp³-hybridized carbons (Fsp3) is 0.706. The van der Waals surface area contributed by atoms with E-state index < -0.39 is 0 Å². The summed E-state index contributed by atoms with van der Waals surface area (Å²) in [7, 11) is 0. The van der Waals surface area contributed by atoms with Gasteiger partial charge < -0.3 is 4.74 Å². The van der Waals surface area contributed by atoms with Gasteiger partial charge in [-0.1, -0.05) is 30.2 Å². The maximum Gasteiger partial charge on any atom is 0.302 e. The molecule has 1 saturated carbocycles. The fourth-order valence-corrected chi connectivity index (χ4v) is 3.40. The van der Waals surface area contributed by atoms with Crippen molar-refractivity contribution in [3.05, 3.63) is 23.3 Å². The Morgan fingerprint density at radius 2 is 2.11 bits per heavy atom. The van der Waals surface area contributed by atoms with Crippen LogP contribution >= 0.6 is 0 Å². The molecule has 0 amide bonds. The molecule has 3 unspecified atom stereocenters. The second kappa shape index (κ2) is 5.52. The van der Waals surface area contributed by atoms with Crippen LogP contribution in [-0.2, 0) is 9.53 Å². The molecule has 2 aliphatic carbocycles. The zero-order chi connectivity index (χ0) is 14.0. The van der Waals surface area contributed by atoms with Crippen LogP contribution in [0.25, 0.3) is 0 Å². The van der Waals surface area contributed by atoms with Crippen molar-refractivity contribution < 1.29 is 9.53 Å². The van der Waals surface area contributed by atoms with E-state index in [1.54, 1.807) is 0 Å². The molecule has 19 heavy (non-hydrogen) atoms. The van der Waals surface area contributed by atoms with E-state index in [1.165, 1.54) is 30.9 Å². The molecule has 0 saturated heterocycles. The van der Waals surface area contributed by atoms with Crippen molar-refractivity contribution in [3.8, 4) is 0 Å². The molecule has 2 rings (SSSR count). The third-order valence-corrected chi connectivity index (χ3v) is 4.86. The van der Waals surface area contributed by atoms with Crippen LogP contribution in [0.15, 0.2) is 23.3 Å². The molecule has 2 nitrogen and oxygen atoms in total.